The summed E-state index contributed by atoms with van der Waals surface area (Å²) in [4.78, 5) is 40.9. The van der Waals surface area contributed by atoms with Crippen LogP contribution < -0.4 is 10.6 Å². The Bertz CT molecular complexity index is 1220. The number of rotatable bonds is 38. The van der Waals surface area contributed by atoms with Gasteiger partial charge in [-0.3, -0.25) is 14.4 Å². The Morgan fingerprint density at radius 1 is 0.517 bits per heavy atom. The quantitative estimate of drug-likeness (QED) is 0.0395. The van der Waals surface area contributed by atoms with E-state index in [2.05, 4.69) is 73.1 Å². The van der Waals surface area contributed by atoms with E-state index in [0.717, 1.165) is 70.8 Å². The molecule has 58 heavy (non-hydrogen) atoms. The first-order chi connectivity index (χ1) is 28.4. The van der Waals surface area contributed by atoms with E-state index in [0.29, 0.717) is 42.6 Å². The van der Waals surface area contributed by atoms with Crippen LogP contribution in [0.25, 0.3) is 0 Å². The van der Waals surface area contributed by atoms with E-state index >= 15 is 0 Å². The molecule has 0 radical (unpaired) electrons. The Labute approximate surface area is 356 Å². The summed E-state index contributed by atoms with van der Waals surface area (Å²) in [5.74, 6) is -0.695. The van der Waals surface area contributed by atoms with Gasteiger partial charge in [-0.25, -0.2) is 0 Å². The smallest absolute Gasteiger partial charge is 0.306 e. The van der Waals surface area contributed by atoms with Gasteiger partial charge in [0.05, 0.1) is 0 Å². The van der Waals surface area contributed by atoms with E-state index in [9.17, 15) is 14.4 Å². The molecular formula is C51H85N3O4. The lowest BCUT2D eigenvalue weighted by molar-refractivity contribution is -0.145. The second-order valence-electron chi connectivity index (χ2n) is 16.2. The standard InChI is InChI=1S/C51H85N3O4/c1-5-7-9-11-13-15-17-19-21-23-25-27-29-31-33-35-39-52-50(56)47-42-46(45-58-49(55)38-37-41-54(3)4)43-48(44-47)51(57)53-40-36-34-32-30-28-26-24-22-20-18-16-14-12-10-8-6-2/h13-16,19-22,42-44H,5-12,17-18,23-41,45H2,1-4H3,(H,52,56)(H,53,57). The highest BCUT2D eigenvalue weighted by Crippen LogP contribution is 2.15. The molecule has 0 atom stereocenters. The zero-order chi connectivity index (χ0) is 42.2. The minimum Gasteiger partial charge on any atom is -0.461 e. The van der Waals surface area contributed by atoms with Crippen molar-refractivity contribution in [1.82, 2.24) is 15.5 Å². The van der Waals surface area contributed by atoms with E-state index in [1.165, 1.54) is 89.9 Å². The lowest BCUT2D eigenvalue weighted by Gasteiger charge is -2.12. The maximum Gasteiger partial charge on any atom is 0.306 e. The number of ether oxygens (including phenoxy) is 1. The third-order valence-electron chi connectivity index (χ3n) is 10.2. The maximum absolute atomic E-state index is 13.2. The normalized spacial score (nSPS) is 11.9. The zero-order valence-electron chi connectivity index (χ0n) is 37.6. The van der Waals surface area contributed by atoms with Crippen LogP contribution in [0.1, 0.15) is 207 Å². The SMILES string of the molecule is CCCCCC=CCC=CCCCCCCCCNC(=O)c1cc(COC(=O)CCCN(C)C)cc(C(=O)NCCCCCCCCC=CCC=CCCCCC)c1. The van der Waals surface area contributed by atoms with Crippen LogP contribution in [-0.2, 0) is 16.1 Å². The van der Waals surface area contributed by atoms with E-state index in [-0.39, 0.29) is 24.4 Å². The van der Waals surface area contributed by atoms with Gasteiger partial charge in [0.25, 0.3) is 11.8 Å². The fourth-order valence-electron chi connectivity index (χ4n) is 6.65. The first-order valence-corrected chi connectivity index (χ1v) is 23.5. The summed E-state index contributed by atoms with van der Waals surface area (Å²) < 4.78 is 5.54. The van der Waals surface area contributed by atoms with Gasteiger partial charge in [-0.15, -0.1) is 0 Å². The predicted octanol–water partition coefficient (Wildman–Crippen LogP) is 13.2. The molecule has 0 saturated heterocycles. The van der Waals surface area contributed by atoms with Crippen molar-refractivity contribution >= 4 is 17.8 Å². The minimum absolute atomic E-state index is 0.0279. The summed E-state index contributed by atoms with van der Waals surface area (Å²) in [7, 11) is 3.95. The third-order valence-corrected chi connectivity index (χ3v) is 10.2. The fourth-order valence-corrected chi connectivity index (χ4v) is 6.65. The molecule has 1 rings (SSSR count). The molecule has 1 aromatic rings. The molecule has 0 unspecified atom stereocenters. The van der Waals surface area contributed by atoms with Crippen LogP contribution >= 0.6 is 0 Å². The van der Waals surface area contributed by atoms with Crippen molar-refractivity contribution in [3.05, 3.63) is 83.5 Å². The van der Waals surface area contributed by atoms with Crippen LogP contribution in [0, 0.1) is 0 Å². The van der Waals surface area contributed by atoms with Crippen molar-refractivity contribution in [2.24, 2.45) is 0 Å². The second-order valence-corrected chi connectivity index (χ2v) is 16.2. The van der Waals surface area contributed by atoms with Crippen LogP contribution in [0.3, 0.4) is 0 Å². The highest BCUT2D eigenvalue weighted by atomic mass is 16.5. The van der Waals surface area contributed by atoms with Crippen LogP contribution in [0.15, 0.2) is 66.8 Å². The van der Waals surface area contributed by atoms with Crippen molar-refractivity contribution in [3.8, 4) is 0 Å². The molecule has 0 fully saturated rings. The monoisotopic (exact) mass is 804 g/mol. The maximum atomic E-state index is 13.2. The molecule has 0 saturated carbocycles. The highest BCUT2D eigenvalue weighted by Gasteiger charge is 2.14. The summed E-state index contributed by atoms with van der Waals surface area (Å²) in [6.07, 6.45) is 47.6. The molecule has 7 nitrogen and oxygen atoms in total. The van der Waals surface area contributed by atoms with Crippen LogP contribution in [0.5, 0.6) is 0 Å². The van der Waals surface area contributed by atoms with E-state index in [1.807, 2.05) is 19.0 Å². The number of amides is 2. The number of unbranched alkanes of at least 4 members (excludes halogenated alkanes) is 18. The van der Waals surface area contributed by atoms with Crippen molar-refractivity contribution in [2.45, 2.75) is 187 Å². The minimum atomic E-state index is -0.280. The number of esters is 1. The number of allylic oxidation sites excluding steroid dienone is 8. The number of hydrogen-bond acceptors (Lipinski definition) is 5. The molecule has 2 N–H and O–H groups in total. The van der Waals surface area contributed by atoms with Gasteiger partial charge in [-0.2, -0.15) is 0 Å². The largest absolute Gasteiger partial charge is 0.461 e. The number of nitrogens with one attached hydrogen (secondary N) is 2. The Morgan fingerprint density at radius 2 is 0.914 bits per heavy atom. The number of carbonyl (C=O) groups excluding carboxylic acids is 3. The lowest BCUT2D eigenvalue weighted by Crippen LogP contribution is -2.27. The molecule has 328 valence electrons. The van der Waals surface area contributed by atoms with Gasteiger partial charge in [0.2, 0.25) is 0 Å². The average Bonchev–Trinajstić information content (AvgIpc) is 3.21. The molecule has 0 heterocycles. The van der Waals surface area contributed by atoms with E-state index in [4.69, 9.17) is 4.74 Å². The molecule has 0 spiro atoms. The molecule has 0 aliphatic heterocycles. The summed E-state index contributed by atoms with van der Waals surface area (Å²) >= 11 is 0. The van der Waals surface area contributed by atoms with E-state index < -0.39 is 0 Å². The Kier molecular flexibility index (Phi) is 35.4. The summed E-state index contributed by atoms with van der Waals surface area (Å²) in [5, 5.41) is 6.09. The second kappa shape index (κ2) is 39.0. The zero-order valence-corrected chi connectivity index (χ0v) is 37.6. The van der Waals surface area contributed by atoms with Gasteiger partial charge in [0.1, 0.15) is 6.61 Å². The lowest BCUT2D eigenvalue weighted by atomic mass is 10.0. The van der Waals surface area contributed by atoms with Crippen molar-refractivity contribution in [1.29, 1.82) is 0 Å². The van der Waals surface area contributed by atoms with Crippen molar-refractivity contribution in [3.63, 3.8) is 0 Å². The molecule has 0 bridgehead atoms. The van der Waals surface area contributed by atoms with Crippen LogP contribution in [0.4, 0.5) is 0 Å². The Balaban J connectivity index is 2.44. The summed E-state index contributed by atoms with van der Waals surface area (Å²) in [5.41, 5.74) is 1.47. The molecule has 1 aromatic carbocycles. The predicted molar refractivity (Wildman–Crippen MR) is 247 cm³/mol. The third kappa shape index (κ3) is 32.5. The molecular weight excluding hydrogens is 719 g/mol. The molecule has 0 aliphatic carbocycles. The first-order valence-electron chi connectivity index (χ1n) is 23.5. The number of carbonyl (C=O) groups is 3. The molecule has 7 heteroatoms. The number of nitrogens with zero attached hydrogens (tertiary/aromatic N) is 1. The van der Waals surface area contributed by atoms with Crippen molar-refractivity contribution in [2.75, 3.05) is 33.7 Å². The number of benzene rings is 1. The average molecular weight is 804 g/mol. The summed E-state index contributed by atoms with van der Waals surface area (Å²) in [6.45, 7) is 6.50. The number of hydrogen-bond donors (Lipinski definition) is 2. The Morgan fingerprint density at radius 3 is 1.33 bits per heavy atom. The topological polar surface area (TPSA) is 87.7 Å². The van der Waals surface area contributed by atoms with E-state index in [1.54, 1.807) is 18.2 Å². The van der Waals surface area contributed by atoms with Crippen LogP contribution in [-0.4, -0.2) is 56.4 Å². The summed E-state index contributed by atoms with van der Waals surface area (Å²) in [6, 6.07) is 5.13. The van der Waals surface area contributed by atoms with Crippen molar-refractivity contribution < 1.29 is 19.1 Å². The van der Waals surface area contributed by atoms with Gasteiger partial charge >= 0.3 is 5.97 Å². The fraction of sp³-hybridized carbons (Fsp3) is 0.667. The van der Waals surface area contributed by atoms with Gasteiger partial charge < -0.3 is 20.3 Å². The van der Waals surface area contributed by atoms with Gasteiger partial charge in [0, 0.05) is 30.6 Å². The Hall–Kier alpha value is -3.45. The van der Waals surface area contributed by atoms with Crippen LogP contribution in [0.2, 0.25) is 0 Å². The van der Waals surface area contributed by atoms with Gasteiger partial charge in [-0.1, -0.05) is 140 Å². The molecule has 2 amide bonds. The highest BCUT2D eigenvalue weighted by molar-refractivity contribution is 6.00. The molecule has 0 aromatic heterocycles. The van der Waals surface area contributed by atoms with Gasteiger partial charge in [-0.05, 0) is 128 Å². The van der Waals surface area contributed by atoms with Gasteiger partial charge in [0.15, 0.2) is 0 Å². The first kappa shape index (κ1) is 52.6. The molecule has 0 aliphatic rings.